The number of rotatable bonds is 2. The standard InChI is InChI=1S/C13H16Cl2N2O/c1-7-3-2-4-11(7)17-13(18)9-5-8(16)6-10(14)12(9)15/h5-7,11H,2-4,16H2,1H3,(H,17,18). The van der Waals surface area contributed by atoms with Gasteiger partial charge in [0.15, 0.2) is 0 Å². The molecule has 0 saturated heterocycles. The molecule has 1 fully saturated rings. The third-order valence-electron chi connectivity index (χ3n) is 3.47. The zero-order valence-corrected chi connectivity index (χ0v) is 11.7. The summed E-state index contributed by atoms with van der Waals surface area (Å²) in [6, 6.07) is 3.32. The van der Waals surface area contributed by atoms with Gasteiger partial charge in [-0.05, 0) is 30.9 Å². The van der Waals surface area contributed by atoms with Crippen LogP contribution in [0, 0.1) is 5.92 Å². The second-order valence-electron chi connectivity index (χ2n) is 4.85. The first-order chi connectivity index (χ1) is 8.49. The van der Waals surface area contributed by atoms with Gasteiger partial charge >= 0.3 is 0 Å². The maximum Gasteiger partial charge on any atom is 0.253 e. The number of anilines is 1. The number of hydrogen-bond donors (Lipinski definition) is 2. The number of carbonyl (C=O) groups is 1. The first kappa shape index (κ1) is 13.5. The van der Waals surface area contributed by atoms with Crippen LogP contribution in [-0.4, -0.2) is 11.9 Å². The molecule has 0 bridgehead atoms. The van der Waals surface area contributed by atoms with Gasteiger partial charge < -0.3 is 11.1 Å². The van der Waals surface area contributed by atoms with E-state index in [1.54, 1.807) is 12.1 Å². The molecule has 0 aromatic heterocycles. The van der Waals surface area contributed by atoms with E-state index in [2.05, 4.69) is 12.2 Å². The molecule has 1 amide bonds. The Kier molecular flexibility index (Phi) is 4.03. The molecular weight excluding hydrogens is 271 g/mol. The minimum Gasteiger partial charge on any atom is -0.399 e. The predicted molar refractivity (Wildman–Crippen MR) is 75.1 cm³/mol. The van der Waals surface area contributed by atoms with Crippen molar-refractivity contribution in [1.82, 2.24) is 5.32 Å². The van der Waals surface area contributed by atoms with Crippen molar-refractivity contribution in [2.75, 3.05) is 5.73 Å². The average Bonchev–Trinajstić information content (AvgIpc) is 2.69. The smallest absolute Gasteiger partial charge is 0.253 e. The van der Waals surface area contributed by atoms with Gasteiger partial charge in [0.1, 0.15) is 0 Å². The van der Waals surface area contributed by atoms with Crippen molar-refractivity contribution in [2.24, 2.45) is 5.92 Å². The fraction of sp³-hybridized carbons (Fsp3) is 0.462. The molecule has 98 valence electrons. The zero-order chi connectivity index (χ0) is 13.3. The van der Waals surface area contributed by atoms with E-state index in [9.17, 15) is 4.79 Å². The quantitative estimate of drug-likeness (QED) is 0.818. The highest BCUT2D eigenvalue weighted by atomic mass is 35.5. The normalized spacial score (nSPS) is 23.1. The molecule has 1 aliphatic rings. The molecule has 5 heteroatoms. The van der Waals surface area contributed by atoms with Crippen LogP contribution in [0.4, 0.5) is 5.69 Å². The Morgan fingerprint density at radius 1 is 1.39 bits per heavy atom. The first-order valence-electron chi connectivity index (χ1n) is 6.04. The number of nitrogens with one attached hydrogen (secondary N) is 1. The Morgan fingerprint density at radius 3 is 2.72 bits per heavy atom. The lowest BCUT2D eigenvalue weighted by Crippen LogP contribution is -2.36. The van der Waals surface area contributed by atoms with Crippen molar-refractivity contribution in [1.29, 1.82) is 0 Å². The SMILES string of the molecule is CC1CCCC1NC(=O)c1cc(N)cc(Cl)c1Cl. The van der Waals surface area contributed by atoms with E-state index < -0.39 is 0 Å². The minimum absolute atomic E-state index is 0.201. The summed E-state index contributed by atoms with van der Waals surface area (Å²) in [5.74, 6) is 0.303. The van der Waals surface area contributed by atoms with Gasteiger partial charge in [0.25, 0.3) is 5.91 Å². The van der Waals surface area contributed by atoms with Gasteiger partial charge in [0.05, 0.1) is 15.6 Å². The van der Waals surface area contributed by atoms with E-state index in [-0.39, 0.29) is 17.0 Å². The van der Waals surface area contributed by atoms with E-state index in [0.717, 1.165) is 19.3 Å². The predicted octanol–water partition coefficient (Wildman–Crippen LogP) is 3.49. The van der Waals surface area contributed by atoms with Gasteiger partial charge in [0, 0.05) is 11.7 Å². The number of amides is 1. The number of carbonyl (C=O) groups excluding carboxylic acids is 1. The average molecular weight is 287 g/mol. The molecule has 18 heavy (non-hydrogen) atoms. The van der Waals surface area contributed by atoms with Crippen LogP contribution < -0.4 is 11.1 Å². The topological polar surface area (TPSA) is 55.1 Å². The van der Waals surface area contributed by atoms with E-state index in [0.29, 0.717) is 22.2 Å². The summed E-state index contributed by atoms with van der Waals surface area (Å²) in [5, 5.41) is 3.57. The van der Waals surface area contributed by atoms with E-state index >= 15 is 0 Å². The number of hydrogen-bond acceptors (Lipinski definition) is 2. The van der Waals surface area contributed by atoms with Crippen LogP contribution in [0.3, 0.4) is 0 Å². The fourth-order valence-corrected chi connectivity index (χ4v) is 2.80. The molecular formula is C13H16Cl2N2O. The fourth-order valence-electron chi connectivity index (χ4n) is 2.38. The van der Waals surface area contributed by atoms with Crippen LogP contribution in [-0.2, 0) is 0 Å². The van der Waals surface area contributed by atoms with Gasteiger partial charge in [-0.3, -0.25) is 4.79 Å². The Morgan fingerprint density at radius 2 is 2.11 bits per heavy atom. The molecule has 0 aliphatic heterocycles. The van der Waals surface area contributed by atoms with Crippen molar-refractivity contribution < 1.29 is 4.79 Å². The number of nitrogens with two attached hydrogens (primary N) is 1. The van der Waals surface area contributed by atoms with Crippen LogP contribution in [0.2, 0.25) is 10.0 Å². The van der Waals surface area contributed by atoms with Crippen molar-refractivity contribution in [3.8, 4) is 0 Å². The lowest BCUT2D eigenvalue weighted by molar-refractivity contribution is 0.0930. The molecule has 0 radical (unpaired) electrons. The molecule has 1 aromatic rings. The van der Waals surface area contributed by atoms with E-state index in [4.69, 9.17) is 28.9 Å². The molecule has 1 aromatic carbocycles. The lowest BCUT2D eigenvalue weighted by atomic mass is 10.1. The summed E-state index contributed by atoms with van der Waals surface area (Å²) < 4.78 is 0. The summed E-state index contributed by atoms with van der Waals surface area (Å²) in [6.45, 7) is 2.14. The Labute approximate surface area is 117 Å². The summed E-state index contributed by atoms with van der Waals surface area (Å²) in [7, 11) is 0. The Balaban J connectivity index is 2.18. The van der Waals surface area contributed by atoms with Crippen molar-refractivity contribution in [2.45, 2.75) is 32.2 Å². The zero-order valence-electron chi connectivity index (χ0n) is 10.2. The number of halogens is 2. The van der Waals surface area contributed by atoms with E-state index in [1.807, 2.05) is 0 Å². The second-order valence-corrected chi connectivity index (χ2v) is 5.64. The summed E-state index contributed by atoms with van der Waals surface area (Å²) in [6.07, 6.45) is 3.31. The maximum absolute atomic E-state index is 12.2. The Hall–Kier alpha value is -0.930. The summed E-state index contributed by atoms with van der Waals surface area (Å²) in [4.78, 5) is 12.2. The molecule has 1 aliphatic carbocycles. The molecule has 2 atom stereocenters. The van der Waals surface area contributed by atoms with Gasteiger partial charge in [-0.25, -0.2) is 0 Å². The van der Waals surface area contributed by atoms with E-state index in [1.165, 1.54) is 0 Å². The van der Waals surface area contributed by atoms with Crippen LogP contribution in [0.15, 0.2) is 12.1 Å². The molecule has 3 N–H and O–H groups in total. The van der Waals surface area contributed by atoms with Crippen LogP contribution in [0.5, 0.6) is 0 Å². The molecule has 0 spiro atoms. The minimum atomic E-state index is -0.201. The van der Waals surface area contributed by atoms with Gasteiger partial charge in [-0.2, -0.15) is 0 Å². The Bertz CT molecular complexity index is 476. The van der Waals surface area contributed by atoms with Crippen LogP contribution in [0.1, 0.15) is 36.5 Å². The first-order valence-corrected chi connectivity index (χ1v) is 6.80. The molecule has 2 unspecified atom stereocenters. The van der Waals surface area contributed by atoms with Gasteiger partial charge in [0.2, 0.25) is 0 Å². The second kappa shape index (κ2) is 5.37. The monoisotopic (exact) mass is 286 g/mol. The van der Waals surface area contributed by atoms with Crippen molar-refractivity contribution in [3.63, 3.8) is 0 Å². The highest BCUT2D eigenvalue weighted by Gasteiger charge is 2.26. The molecule has 1 saturated carbocycles. The van der Waals surface area contributed by atoms with Crippen LogP contribution >= 0.6 is 23.2 Å². The third kappa shape index (κ3) is 2.73. The molecule has 2 rings (SSSR count). The molecule has 0 heterocycles. The number of nitrogen functional groups attached to an aromatic ring is 1. The highest BCUT2D eigenvalue weighted by Crippen LogP contribution is 2.30. The number of benzene rings is 1. The van der Waals surface area contributed by atoms with Gasteiger partial charge in [-0.15, -0.1) is 0 Å². The lowest BCUT2D eigenvalue weighted by Gasteiger charge is -2.18. The maximum atomic E-state index is 12.2. The molecule has 3 nitrogen and oxygen atoms in total. The van der Waals surface area contributed by atoms with Crippen LogP contribution in [0.25, 0.3) is 0 Å². The van der Waals surface area contributed by atoms with Crippen molar-refractivity contribution in [3.05, 3.63) is 27.7 Å². The third-order valence-corrected chi connectivity index (χ3v) is 4.28. The van der Waals surface area contributed by atoms with Gasteiger partial charge in [-0.1, -0.05) is 36.5 Å². The highest BCUT2D eigenvalue weighted by molar-refractivity contribution is 6.44. The summed E-state index contributed by atoms with van der Waals surface area (Å²) in [5.41, 5.74) is 6.47. The summed E-state index contributed by atoms with van der Waals surface area (Å²) >= 11 is 12.0. The van der Waals surface area contributed by atoms with Crippen molar-refractivity contribution >= 4 is 34.8 Å². The largest absolute Gasteiger partial charge is 0.399 e.